The van der Waals surface area contributed by atoms with Crippen LogP contribution in [0.25, 0.3) is 0 Å². The Balaban J connectivity index is 2.23. The van der Waals surface area contributed by atoms with Gasteiger partial charge in [-0.05, 0) is 12.1 Å². The number of rotatable bonds is 7. The number of amides is 2. The summed E-state index contributed by atoms with van der Waals surface area (Å²) in [6.45, 7) is 8.92. The van der Waals surface area contributed by atoms with Crippen LogP contribution in [0.15, 0.2) is 41.3 Å². The zero-order valence-electron chi connectivity index (χ0n) is 15.6. The van der Waals surface area contributed by atoms with Gasteiger partial charge in [0.2, 0.25) is 11.0 Å². The molecule has 9 nitrogen and oxygen atoms in total. The van der Waals surface area contributed by atoms with Crippen molar-refractivity contribution in [2.24, 2.45) is 5.41 Å². The Labute approximate surface area is 167 Å². The molecule has 2 amide bonds. The van der Waals surface area contributed by atoms with Crippen molar-refractivity contribution in [1.29, 1.82) is 0 Å². The fraction of sp³-hybridized carbons (Fsp3) is 0.294. The third kappa shape index (κ3) is 5.36. The van der Waals surface area contributed by atoms with Crippen LogP contribution in [0.2, 0.25) is 0 Å². The predicted octanol–water partition coefficient (Wildman–Crippen LogP) is 2.24. The predicted molar refractivity (Wildman–Crippen MR) is 108 cm³/mol. The molecule has 0 aliphatic heterocycles. The van der Waals surface area contributed by atoms with E-state index in [4.69, 9.17) is 0 Å². The van der Waals surface area contributed by atoms with Crippen LogP contribution in [0.5, 0.6) is 0 Å². The number of nitrogens with one attached hydrogen (secondary N) is 3. The van der Waals surface area contributed by atoms with Gasteiger partial charge in [-0.15, -0.1) is 16.8 Å². The number of benzene rings is 1. The van der Waals surface area contributed by atoms with Crippen molar-refractivity contribution in [3.63, 3.8) is 0 Å². The smallest absolute Gasteiger partial charge is 0.291 e. The molecular weight excluding hydrogens is 402 g/mol. The summed E-state index contributed by atoms with van der Waals surface area (Å²) in [6.07, 6.45) is 1.51. The van der Waals surface area contributed by atoms with Crippen LogP contribution in [0.1, 0.15) is 31.1 Å². The lowest BCUT2D eigenvalue weighted by Gasteiger charge is -2.15. The Morgan fingerprint density at radius 3 is 2.54 bits per heavy atom. The lowest BCUT2D eigenvalue weighted by molar-refractivity contribution is -0.123. The molecule has 150 valence electrons. The molecule has 0 radical (unpaired) electrons. The van der Waals surface area contributed by atoms with Gasteiger partial charge < -0.3 is 10.6 Å². The van der Waals surface area contributed by atoms with Gasteiger partial charge in [0.1, 0.15) is 0 Å². The minimum atomic E-state index is -4.10. The van der Waals surface area contributed by atoms with Crippen molar-refractivity contribution < 1.29 is 18.0 Å². The average Bonchev–Trinajstić information content (AvgIpc) is 3.08. The van der Waals surface area contributed by atoms with Gasteiger partial charge in [0.15, 0.2) is 0 Å². The summed E-state index contributed by atoms with van der Waals surface area (Å²) < 4.78 is 27.2. The third-order valence-electron chi connectivity index (χ3n) is 3.36. The first kappa shape index (κ1) is 21.5. The Hall–Kier alpha value is -2.79. The maximum atomic E-state index is 12.6. The molecule has 0 saturated carbocycles. The zero-order chi connectivity index (χ0) is 20.9. The first-order valence-electron chi connectivity index (χ1n) is 8.20. The van der Waals surface area contributed by atoms with Gasteiger partial charge in [-0.1, -0.05) is 50.3 Å². The molecule has 0 atom stereocenters. The second-order valence-corrected chi connectivity index (χ2v) is 9.56. The number of carbonyl (C=O) groups is 2. The molecule has 0 unspecified atom stereocenters. The molecule has 0 fully saturated rings. The van der Waals surface area contributed by atoms with E-state index in [1.54, 1.807) is 32.9 Å². The fourth-order valence-electron chi connectivity index (χ4n) is 1.87. The normalized spacial score (nSPS) is 11.5. The molecule has 2 aromatic rings. The number of nitrogens with zero attached hydrogens (tertiary/aromatic N) is 2. The van der Waals surface area contributed by atoms with Crippen LogP contribution < -0.4 is 15.4 Å². The highest BCUT2D eigenvalue weighted by Gasteiger charge is 2.26. The summed E-state index contributed by atoms with van der Waals surface area (Å²) in [5.74, 6) is -0.765. The van der Waals surface area contributed by atoms with Crippen molar-refractivity contribution in [3.8, 4) is 0 Å². The van der Waals surface area contributed by atoms with E-state index in [0.29, 0.717) is 11.3 Å². The second-order valence-electron chi connectivity index (χ2n) is 6.73. The first-order chi connectivity index (χ1) is 13.0. The Bertz CT molecular complexity index is 993. The summed E-state index contributed by atoms with van der Waals surface area (Å²) in [4.78, 5) is 24.2. The van der Waals surface area contributed by atoms with E-state index >= 15 is 0 Å². The highest BCUT2D eigenvalue weighted by Crippen LogP contribution is 2.25. The summed E-state index contributed by atoms with van der Waals surface area (Å²) in [6, 6.07) is 6.16. The Morgan fingerprint density at radius 2 is 1.89 bits per heavy atom. The molecule has 2 rings (SSSR count). The van der Waals surface area contributed by atoms with Crippen molar-refractivity contribution in [2.45, 2.75) is 25.1 Å². The maximum absolute atomic E-state index is 12.6. The average molecular weight is 424 g/mol. The van der Waals surface area contributed by atoms with Crippen LogP contribution in [-0.4, -0.2) is 37.0 Å². The van der Waals surface area contributed by atoms with E-state index in [9.17, 15) is 18.0 Å². The molecule has 0 aliphatic carbocycles. The molecular formula is C17H21N5O4S2. The molecule has 1 aromatic carbocycles. The second kappa shape index (κ2) is 8.48. The van der Waals surface area contributed by atoms with E-state index in [0.717, 1.165) is 0 Å². The van der Waals surface area contributed by atoms with Crippen molar-refractivity contribution in [3.05, 3.63) is 42.5 Å². The van der Waals surface area contributed by atoms with Gasteiger partial charge in [-0.25, -0.2) is 0 Å². The topological polar surface area (TPSA) is 130 Å². The molecule has 3 N–H and O–H groups in total. The van der Waals surface area contributed by atoms with E-state index in [-0.39, 0.29) is 33.2 Å². The highest BCUT2D eigenvalue weighted by molar-refractivity contribution is 7.94. The third-order valence-corrected chi connectivity index (χ3v) is 5.93. The summed E-state index contributed by atoms with van der Waals surface area (Å²) in [7, 11) is -4.10. The van der Waals surface area contributed by atoms with E-state index < -0.39 is 21.3 Å². The van der Waals surface area contributed by atoms with E-state index in [2.05, 4.69) is 32.1 Å². The molecule has 28 heavy (non-hydrogen) atoms. The zero-order valence-corrected chi connectivity index (χ0v) is 17.3. The first-order valence-corrected chi connectivity index (χ1v) is 10.5. The lowest BCUT2D eigenvalue weighted by Crippen LogP contribution is -2.27. The van der Waals surface area contributed by atoms with Gasteiger partial charge in [0, 0.05) is 12.0 Å². The largest absolute Gasteiger partial charge is 0.349 e. The van der Waals surface area contributed by atoms with Gasteiger partial charge in [0.05, 0.1) is 11.3 Å². The van der Waals surface area contributed by atoms with Gasteiger partial charge in [0.25, 0.3) is 20.3 Å². The van der Waals surface area contributed by atoms with Crippen molar-refractivity contribution >= 4 is 44.0 Å². The number of aromatic nitrogens is 2. The summed E-state index contributed by atoms with van der Waals surface area (Å²) >= 11 is 0.713. The van der Waals surface area contributed by atoms with Crippen molar-refractivity contribution in [1.82, 2.24) is 15.5 Å². The molecule has 1 heterocycles. The van der Waals surface area contributed by atoms with E-state index in [1.807, 2.05) is 0 Å². The molecule has 0 spiro atoms. The molecule has 11 heteroatoms. The Morgan fingerprint density at radius 1 is 1.21 bits per heavy atom. The number of para-hydroxylation sites is 1. The van der Waals surface area contributed by atoms with Crippen LogP contribution in [0.3, 0.4) is 0 Å². The molecule has 1 aromatic heterocycles. The minimum Gasteiger partial charge on any atom is -0.349 e. The number of hydrogen-bond acceptors (Lipinski definition) is 7. The summed E-state index contributed by atoms with van der Waals surface area (Å²) in [5.41, 5.74) is -0.418. The standard InChI is InChI=1S/C17H21N5O4S2/c1-5-10-18-13(23)11-8-6-7-9-12(11)22-28(25,26)16-21-20-15(27-16)19-14(24)17(2,3)4/h5-9,22H,1,10H2,2-4H3,(H,18,23)(H,19,20,24). The monoisotopic (exact) mass is 423 g/mol. The van der Waals surface area contributed by atoms with Crippen LogP contribution in [0.4, 0.5) is 10.8 Å². The van der Waals surface area contributed by atoms with Gasteiger partial charge in [-0.2, -0.15) is 8.42 Å². The van der Waals surface area contributed by atoms with Crippen LogP contribution in [0, 0.1) is 5.41 Å². The van der Waals surface area contributed by atoms with Crippen LogP contribution >= 0.6 is 11.3 Å². The summed E-state index contributed by atoms with van der Waals surface area (Å²) in [5, 5.41) is 12.5. The fourth-order valence-corrected chi connectivity index (χ4v) is 3.85. The lowest BCUT2D eigenvalue weighted by atomic mass is 9.96. The quantitative estimate of drug-likeness (QED) is 0.462. The van der Waals surface area contributed by atoms with Gasteiger partial charge >= 0.3 is 0 Å². The number of hydrogen-bond donors (Lipinski definition) is 3. The highest BCUT2D eigenvalue weighted by atomic mass is 32.2. The van der Waals surface area contributed by atoms with Crippen LogP contribution in [-0.2, 0) is 14.8 Å². The maximum Gasteiger partial charge on any atom is 0.291 e. The SMILES string of the molecule is C=CCNC(=O)c1ccccc1NS(=O)(=O)c1nnc(NC(=O)C(C)(C)C)s1. The van der Waals surface area contributed by atoms with Crippen molar-refractivity contribution in [2.75, 3.05) is 16.6 Å². The van der Waals surface area contributed by atoms with E-state index in [1.165, 1.54) is 18.2 Å². The minimum absolute atomic E-state index is 0.0670. The van der Waals surface area contributed by atoms with Gasteiger partial charge in [-0.3, -0.25) is 14.3 Å². The Kier molecular flexibility index (Phi) is 6.52. The molecule has 0 bridgehead atoms. The number of carbonyl (C=O) groups excluding carboxylic acids is 2. The number of sulfonamides is 1. The molecule has 0 aliphatic rings. The molecule has 0 saturated heterocycles. The number of anilines is 2.